The van der Waals surface area contributed by atoms with Gasteiger partial charge >= 0.3 is 5.97 Å². The molecule has 0 aliphatic carbocycles. The first-order chi connectivity index (χ1) is 11.1. The zero-order chi connectivity index (χ0) is 16.7. The number of thiophene rings is 1. The van der Waals surface area contributed by atoms with Gasteiger partial charge in [0.1, 0.15) is 0 Å². The number of carbonyl (C=O) groups is 1. The highest BCUT2D eigenvalue weighted by atomic mass is 32.1. The lowest BCUT2D eigenvalue weighted by molar-refractivity contribution is -0.129. The molecule has 1 heterocycles. The van der Waals surface area contributed by atoms with Gasteiger partial charge < -0.3 is 4.74 Å². The van der Waals surface area contributed by atoms with Gasteiger partial charge in [-0.3, -0.25) is 0 Å². The van der Waals surface area contributed by atoms with Gasteiger partial charge in [0.2, 0.25) is 0 Å². The Morgan fingerprint density at radius 2 is 2.09 bits per heavy atom. The number of halogens is 1. The zero-order valence-corrected chi connectivity index (χ0v) is 14.3. The molecule has 0 aliphatic heterocycles. The third-order valence-electron chi connectivity index (χ3n) is 3.42. The summed E-state index contributed by atoms with van der Waals surface area (Å²) in [5.74, 6) is -1.15. The molecule has 0 unspecified atom stereocenters. The fourth-order valence-electron chi connectivity index (χ4n) is 2.23. The molecule has 0 amide bonds. The Balaban J connectivity index is 2.09. The fraction of sp³-hybridized carbons (Fsp3) is 0.316. The van der Waals surface area contributed by atoms with Crippen molar-refractivity contribution >= 4 is 17.3 Å². The van der Waals surface area contributed by atoms with Crippen LogP contribution in [0, 0.1) is 5.82 Å². The Kier molecular flexibility index (Phi) is 6.53. The van der Waals surface area contributed by atoms with Crippen molar-refractivity contribution in [2.75, 3.05) is 0 Å². The molecule has 0 saturated heterocycles. The van der Waals surface area contributed by atoms with E-state index in [4.69, 9.17) is 4.74 Å². The normalized spacial score (nSPS) is 11.1. The van der Waals surface area contributed by atoms with Gasteiger partial charge in [-0.05, 0) is 55.7 Å². The molecule has 0 bridgehead atoms. The van der Waals surface area contributed by atoms with Crippen molar-refractivity contribution in [1.29, 1.82) is 0 Å². The van der Waals surface area contributed by atoms with Gasteiger partial charge in [-0.2, -0.15) is 0 Å². The number of allylic oxidation sites excluding steroid dienone is 1. The molecule has 0 radical (unpaired) electrons. The third kappa shape index (κ3) is 5.03. The van der Waals surface area contributed by atoms with Gasteiger partial charge in [0.15, 0.2) is 11.6 Å². The summed E-state index contributed by atoms with van der Waals surface area (Å²) >= 11 is 1.69. The van der Waals surface area contributed by atoms with Crippen LogP contribution in [0.4, 0.5) is 4.39 Å². The molecule has 0 aliphatic rings. The van der Waals surface area contributed by atoms with Crippen molar-refractivity contribution in [3.63, 3.8) is 0 Å². The van der Waals surface area contributed by atoms with Gasteiger partial charge in [0.05, 0.1) is 0 Å². The van der Waals surface area contributed by atoms with Crippen molar-refractivity contribution in [1.82, 2.24) is 0 Å². The summed E-state index contributed by atoms with van der Waals surface area (Å²) in [4.78, 5) is 13.7. The van der Waals surface area contributed by atoms with Gasteiger partial charge in [-0.1, -0.05) is 25.8 Å². The summed E-state index contributed by atoms with van der Waals surface area (Å²) < 4.78 is 19.0. The van der Waals surface area contributed by atoms with Crippen LogP contribution in [0.1, 0.15) is 38.0 Å². The van der Waals surface area contributed by atoms with E-state index in [0.717, 1.165) is 16.9 Å². The van der Waals surface area contributed by atoms with Crippen LogP contribution in [-0.2, 0) is 11.2 Å². The average Bonchev–Trinajstić information content (AvgIpc) is 2.99. The maximum Gasteiger partial charge on any atom is 0.335 e. The Labute approximate surface area is 140 Å². The third-order valence-corrected chi connectivity index (χ3v) is 4.61. The Bertz CT molecular complexity index is 688. The number of ether oxygens (including phenoxy) is 1. The number of aryl methyl sites for hydroxylation is 1. The van der Waals surface area contributed by atoms with Gasteiger partial charge in [-0.15, -0.1) is 11.3 Å². The molecule has 1 aromatic carbocycles. The molecule has 0 atom stereocenters. The SMILES string of the molecule is CC=CC(=O)Oc1ccc(-c2ccc(CCCCC)s2)cc1F. The van der Waals surface area contributed by atoms with Crippen LogP contribution in [0.3, 0.4) is 0 Å². The van der Waals surface area contributed by atoms with Crippen molar-refractivity contribution < 1.29 is 13.9 Å². The van der Waals surface area contributed by atoms with Crippen LogP contribution in [0.2, 0.25) is 0 Å². The molecule has 122 valence electrons. The summed E-state index contributed by atoms with van der Waals surface area (Å²) in [6, 6.07) is 8.82. The standard InChI is InChI=1S/C19H21FO2S/c1-3-5-6-8-15-10-12-18(23-15)14-9-11-17(16(20)13-14)22-19(21)7-4-2/h4,7,9-13H,3,5-6,8H2,1-2H3. The topological polar surface area (TPSA) is 26.3 Å². The van der Waals surface area contributed by atoms with Crippen LogP contribution in [-0.4, -0.2) is 5.97 Å². The first-order valence-electron chi connectivity index (χ1n) is 7.87. The van der Waals surface area contributed by atoms with E-state index in [1.165, 1.54) is 42.3 Å². The molecule has 0 saturated carbocycles. The number of rotatable bonds is 7. The fourth-order valence-corrected chi connectivity index (χ4v) is 3.28. The van der Waals surface area contributed by atoms with Crippen molar-refractivity contribution in [2.24, 2.45) is 0 Å². The number of hydrogen-bond donors (Lipinski definition) is 0. The van der Waals surface area contributed by atoms with Crippen LogP contribution in [0.25, 0.3) is 10.4 Å². The minimum atomic E-state index is -0.575. The summed E-state index contributed by atoms with van der Waals surface area (Å²) in [7, 11) is 0. The van der Waals surface area contributed by atoms with Crippen LogP contribution in [0.5, 0.6) is 5.75 Å². The summed E-state index contributed by atoms with van der Waals surface area (Å²) in [5, 5.41) is 0. The first kappa shape index (κ1) is 17.4. The van der Waals surface area contributed by atoms with Crippen LogP contribution in [0.15, 0.2) is 42.5 Å². The summed E-state index contributed by atoms with van der Waals surface area (Å²) in [5.41, 5.74) is 0.806. The molecule has 2 rings (SSSR count). The number of carbonyl (C=O) groups excluding carboxylic acids is 1. The second-order valence-electron chi connectivity index (χ2n) is 5.29. The minimum absolute atomic E-state index is 0.0448. The monoisotopic (exact) mass is 332 g/mol. The van der Waals surface area contributed by atoms with Gasteiger partial charge in [0, 0.05) is 15.8 Å². The first-order valence-corrected chi connectivity index (χ1v) is 8.68. The van der Waals surface area contributed by atoms with Crippen molar-refractivity contribution in [2.45, 2.75) is 39.5 Å². The van der Waals surface area contributed by atoms with E-state index in [9.17, 15) is 9.18 Å². The molecular weight excluding hydrogens is 311 g/mol. The smallest absolute Gasteiger partial charge is 0.335 e. The molecule has 0 N–H and O–H groups in total. The number of esters is 1. The van der Waals surface area contributed by atoms with Crippen molar-refractivity contribution in [3.8, 4) is 16.2 Å². The van der Waals surface area contributed by atoms with E-state index in [1.807, 2.05) is 6.07 Å². The second-order valence-corrected chi connectivity index (χ2v) is 6.46. The summed E-state index contributed by atoms with van der Waals surface area (Å²) in [6.07, 6.45) is 7.51. The molecular formula is C19H21FO2S. The number of unbranched alkanes of at least 4 members (excludes halogenated alkanes) is 2. The van der Waals surface area contributed by atoms with Crippen LogP contribution >= 0.6 is 11.3 Å². The van der Waals surface area contributed by atoms with E-state index in [-0.39, 0.29) is 5.75 Å². The Hall–Kier alpha value is -1.94. The van der Waals surface area contributed by atoms with E-state index in [0.29, 0.717) is 0 Å². The van der Waals surface area contributed by atoms with E-state index >= 15 is 0 Å². The lowest BCUT2D eigenvalue weighted by Crippen LogP contribution is -2.05. The molecule has 2 nitrogen and oxygen atoms in total. The number of benzene rings is 1. The average molecular weight is 332 g/mol. The van der Waals surface area contributed by atoms with E-state index in [1.54, 1.807) is 30.4 Å². The van der Waals surface area contributed by atoms with Crippen LogP contribution < -0.4 is 4.74 Å². The van der Waals surface area contributed by atoms with E-state index < -0.39 is 11.8 Å². The molecule has 4 heteroatoms. The highest BCUT2D eigenvalue weighted by molar-refractivity contribution is 7.15. The maximum absolute atomic E-state index is 14.1. The molecule has 0 fully saturated rings. The van der Waals surface area contributed by atoms with Gasteiger partial charge in [0.25, 0.3) is 0 Å². The molecule has 23 heavy (non-hydrogen) atoms. The Morgan fingerprint density at radius 3 is 2.78 bits per heavy atom. The van der Waals surface area contributed by atoms with Crippen molar-refractivity contribution in [3.05, 3.63) is 53.2 Å². The quantitative estimate of drug-likeness (QED) is 0.278. The molecule has 2 aromatic rings. The zero-order valence-electron chi connectivity index (χ0n) is 13.5. The predicted molar refractivity (Wildman–Crippen MR) is 93.4 cm³/mol. The largest absolute Gasteiger partial charge is 0.420 e. The van der Waals surface area contributed by atoms with E-state index in [2.05, 4.69) is 13.0 Å². The molecule has 1 aromatic heterocycles. The highest BCUT2D eigenvalue weighted by Gasteiger charge is 2.10. The Morgan fingerprint density at radius 1 is 1.26 bits per heavy atom. The predicted octanol–water partition coefficient (Wildman–Crippen LogP) is 5.77. The number of hydrogen-bond acceptors (Lipinski definition) is 3. The second kappa shape index (κ2) is 8.63. The highest BCUT2D eigenvalue weighted by Crippen LogP contribution is 2.31. The van der Waals surface area contributed by atoms with Gasteiger partial charge in [-0.25, -0.2) is 9.18 Å². The molecule has 0 spiro atoms. The maximum atomic E-state index is 14.1. The lowest BCUT2D eigenvalue weighted by Gasteiger charge is -2.05. The lowest BCUT2D eigenvalue weighted by atomic mass is 10.1. The minimum Gasteiger partial charge on any atom is -0.420 e. The summed E-state index contributed by atoms with van der Waals surface area (Å²) in [6.45, 7) is 3.89.